The molecule has 0 aromatic heterocycles. The summed E-state index contributed by atoms with van der Waals surface area (Å²) >= 11 is 5.94. The molecule has 0 aliphatic carbocycles. The molecular formula is C19H22ClN3O3S. The highest BCUT2D eigenvalue weighted by atomic mass is 35.5. The molecule has 2 aromatic rings. The molecule has 0 saturated carbocycles. The molecule has 0 spiro atoms. The van der Waals surface area contributed by atoms with Crippen molar-refractivity contribution in [2.45, 2.75) is 11.8 Å². The van der Waals surface area contributed by atoms with Gasteiger partial charge in [0, 0.05) is 43.4 Å². The fraction of sp³-hybridized carbons (Fsp3) is 0.368. The van der Waals surface area contributed by atoms with E-state index in [-0.39, 0.29) is 0 Å². The molecule has 0 bridgehead atoms. The second-order valence-electron chi connectivity index (χ2n) is 6.87. The lowest BCUT2D eigenvalue weighted by molar-refractivity contribution is -0.110. The summed E-state index contributed by atoms with van der Waals surface area (Å²) in [6, 6.07) is 15.0. The lowest BCUT2D eigenvalue weighted by atomic mass is 10.0. The third-order valence-electron chi connectivity index (χ3n) is 5.27. The summed E-state index contributed by atoms with van der Waals surface area (Å²) in [4.78, 5) is 2.15. The van der Waals surface area contributed by atoms with Crippen molar-refractivity contribution in [3.05, 3.63) is 64.7 Å². The molecule has 1 fully saturated rings. The van der Waals surface area contributed by atoms with Gasteiger partial charge in [0.15, 0.2) is 5.37 Å². The summed E-state index contributed by atoms with van der Waals surface area (Å²) in [5, 5.41) is 10.9. The van der Waals surface area contributed by atoms with Gasteiger partial charge in [-0.25, -0.2) is 8.42 Å². The van der Waals surface area contributed by atoms with Gasteiger partial charge in [-0.05, 0) is 41.8 Å². The summed E-state index contributed by atoms with van der Waals surface area (Å²) < 4.78 is 28.1. The highest BCUT2D eigenvalue weighted by molar-refractivity contribution is 7.89. The van der Waals surface area contributed by atoms with Gasteiger partial charge >= 0.3 is 0 Å². The largest absolute Gasteiger partial charge is 0.369 e. The van der Waals surface area contributed by atoms with Crippen LogP contribution in [0.3, 0.4) is 0 Å². The minimum Gasteiger partial charge on any atom is -0.369 e. The van der Waals surface area contributed by atoms with Crippen molar-refractivity contribution in [3.8, 4) is 0 Å². The highest BCUT2D eigenvalue weighted by Gasteiger charge is 2.41. The predicted octanol–water partition coefficient (Wildman–Crippen LogP) is 2.74. The summed E-state index contributed by atoms with van der Waals surface area (Å²) in [7, 11) is -3.70. The van der Waals surface area contributed by atoms with Gasteiger partial charge in [-0.3, -0.25) is 0 Å². The zero-order valence-electron chi connectivity index (χ0n) is 14.8. The van der Waals surface area contributed by atoms with Crippen molar-refractivity contribution in [2.75, 3.05) is 37.6 Å². The second-order valence-corrected chi connectivity index (χ2v) is 9.30. The number of hydroxylamine groups is 2. The van der Waals surface area contributed by atoms with E-state index >= 15 is 0 Å². The molecule has 1 saturated heterocycles. The van der Waals surface area contributed by atoms with Crippen LogP contribution in [0.4, 0.5) is 5.69 Å². The van der Waals surface area contributed by atoms with Crippen molar-refractivity contribution in [2.24, 2.45) is 0 Å². The number of rotatable bonds is 3. The minimum atomic E-state index is -3.70. The molecule has 27 heavy (non-hydrogen) atoms. The summed E-state index contributed by atoms with van der Waals surface area (Å²) in [6.45, 7) is 2.28. The van der Waals surface area contributed by atoms with Gasteiger partial charge in [0.05, 0.1) is 0 Å². The van der Waals surface area contributed by atoms with Gasteiger partial charge in [-0.1, -0.05) is 35.9 Å². The Morgan fingerprint density at radius 3 is 2.30 bits per heavy atom. The number of fused-ring (bicyclic) bond motifs is 1. The first kappa shape index (κ1) is 18.7. The maximum absolute atomic E-state index is 13.3. The number of halogens is 1. The van der Waals surface area contributed by atoms with Crippen LogP contribution in [-0.2, 0) is 16.4 Å². The maximum Gasteiger partial charge on any atom is 0.237 e. The van der Waals surface area contributed by atoms with Gasteiger partial charge < -0.3 is 10.1 Å². The molecule has 1 atom stereocenters. The fourth-order valence-electron chi connectivity index (χ4n) is 3.82. The molecule has 0 amide bonds. The van der Waals surface area contributed by atoms with Crippen LogP contribution in [0.15, 0.2) is 48.5 Å². The first-order valence-corrected chi connectivity index (χ1v) is 10.9. The lowest BCUT2D eigenvalue weighted by Gasteiger charge is -2.40. The molecule has 1 unspecified atom stereocenters. The van der Waals surface area contributed by atoms with Crippen LogP contribution >= 0.6 is 11.6 Å². The third-order valence-corrected chi connectivity index (χ3v) is 7.67. The Hall–Kier alpha value is -1.64. The normalized spacial score (nSPS) is 21.9. The maximum atomic E-state index is 13.3. The molecular weight excluding hydrogens is 386 g/mol. The van der Waals surface area contributed by atoms with E-state index in [9.17, 15) is 13.6 Å². The second kappa shape index (κ2) is 7.41. The van der Waals surface area contributed by atoms with Gasteiger partial charge in [0.2, 0.25) is 10.0 Å². The molecule has 8 heteroatoms. The Morgan fingerprint density at radius 2 is 1.59 bits per heavy atom. The third kappa shape index (κ3) is 3.58. The van der Waals surface area contributed by atoms with Crippen LogP contribution in [0.5, 0.6) is 0 Å². The average molecular weight is 408 g/mol. The number of hydrogen-bond acceptors (Lipinski definition) is 5. The Kier molecular flexibility index (Phi) is 5.13. The van der Waals surface area contributed by atoms with Crippen LogP contribution in [0, 0.1) is 0 Å². The molecule has 2 aliphatic rings. The topological polar surface area (TPSA) is 64.1 Å². The van der Waals surface area contributed by atoms with Gasteiger partial charge in [-0.2, -0.15) is 9.37 Å². The Balaban J connectivity index is 1.53. The highest BCUT2D eigenvalue weighted by Crippen LogP contribution is 2.35. The average Bonchev–Trinajstić information content (AvgIpc) is 2.68. The van der Waals surface area contributed by atoms with E-state index in [0.29, 0.717) is 49.7 Å². The zero-order chi connectivity index (χ0) is 19.0. The first-order chi connectivity index (χ1) is 13.0. The van der Waals surface area contributed by atoms with E-state index in [4.69, 9.17) is 11.6 Å². The van der Waals surface area contributed by atoms with Crippen molar-refractivity contribution in [3.63, 3.8) is 0 Å². The SMILES string of the molecule is O=S(=O)(C1c2ccccc2CCN1O)N1CCN(c2ccc(Cl)cc2)CC1. The first-order valence-electron chi connectivity index (χ1n) is 8.99. The number of sulfonamides is 1. The molecule has 144 valence electrons. The van der Waals surface area contributed by atoms with E-state index in [2.05, 4.69) is 4.90 Å². The van der Waals surface area contributed by atoms with Crippen LogP contribution in [-0.4, -0.2) is 55.7 Å². The van der Waals surface area contributed by atoms with Crippen LogP contribution in [0.25, 0.3) is 0 Å². The lowest BCUT2D eigenvalue weighted by Crippen LogP contribution is -2.52. The van der Waals surface area contributed by atoms with E-state index in [1.807, 2.05) is 42.5 Å². The van der Waals surface area contributed by atoms with Crippen molar-refractivity contribution in [1.82, 2.24) is 9.37 Å². The van der Waals surface area contributed by atoms with Crippen molar-refractivity contribution < 1.29 is 13.6 Å². The van der Waals surface area contributed by atoms with Crippen LogP contribution in [0.1, 0.15) is 16.5 Å². The van der Waals surface area contributed by atoms with E-state index in [0.717, 1.165) is 16.3 Å². The molecule has 0 radical (unpaired) electrons. The molecule has 2 aromatic carbocycles. The number of anilines is 1. The van der Waals surface area contributed by atoms with Crippen molar-refractivity contribution in [1.29, 1.82) is 0 Å². The number of hydrogen-bond donors (Lipinski definition) is 1. The van der Waals surface area contributed by atoms with E-state index in [1.165, 1.54) is 4.31 Å². The monoisotopic (exact) mass is 407 g/mol. The van der Waals surface area contributed by atoms with E-state index < -0.39 is 15.4 Å². The van der Waals surface area contributed by atoms with Crippen LogP contribution in [0.2, 0.25) is 5.02 Å². The molecule has 4 rings (SSSR count). The molecule has 6 nitrogen and oxygen atoms in total. The smallest absolute Gasteiger partial charge is 0.237 e. The Labute approximate surface area is 164 Å². The van der Waals surface area contributed by atoms with E-state index in [1.54, 1.807) is 6.07 Å². The van der Waals surface area contributed by atoms with Crippen molar-refractivity contribution >= 4 is 27.3 Å². The minimum absolute atomic E-state index is 0.311. The van der Waals surface area contributed by atoms with Gasteiger partial charge in [-0.15, -0.1) is 0 Å². The van der Waals surface area contributed by atoms with Crippen LogP contribution < -0.4 is 4.90 Å². The zero-order valence-corrected chi connectivity index (χ0v) is 16.4. The summed E-state index contributed by atoms with van der Waals surface area (Å²) in [6.07, 6.45) is 0.642. The quantitative estimate of drug-likeness (QED) is 0.847. The molecule has 2 heterocycles. The Morgan fingerprint density at radius 1 is 0.926 bits per heavy atom. The van der Waals surface area contributed by atoms with Gasteiger partial charge in [0.1, 0.15) is 0 Å². The summed E-state index contributed by atoms with van der Waals surface area (Å²) in [5.41, 5.74) is 2.69. The number of piperazine rings is 1. The number of nitrogens with zero attached hydrogens (tertiary/aromatic N) is 3. The molecule has 2 aliphatic heterocycles. The van der Waals surface area contributed by atoms with Gasteiger partial charge in [0.25, 0.3) is 0 Å². The standard InChI is InChI=1S/C19H22ClN3O3S/c20-16-5-7-17(8-6-16)21-11-13-22(14-12-21)27(25,26)19-18-4-2-1-3-15(18)9-10-23(19)24/h1-8,19,24H,9-14H2. The fourth-order valence-corrected chi connectivity index (χ4v) is 5.87. The number of benzene rings is 2. The molecule has 1 N–H and O–H groups in total. The predicted molar refractivity (Wildman–Crippen MR) is 106 cm³/mol. The summed E-state index contributed by atoms with van der Waals surface area (Å²) in [5.74, 6) is 0. The Bertz CT molecular complexity index is 912.